The lowest BCUT2D eigenvalue weighted by Crippen LogP contribution is -2.15. The minimum atomic E-state index is -0.541. The third-order valence-corrected chi connectivity index (χ3v) is 4.39. The van der Waals surface area contributed by atoms with Crippen molar-refractivity contribution < 1.29 is 28.2 Å². The zero-order chi connectivity index (χ0) is 21.7. The van der Waals surface area contributed by atoms with Crippen LogP contribution in [0.2, 0.25) is 0 Å². The number of aryl methyl sites for hydroxylation is 2. The highest BCUT2D eigenvalue weighted by atomic mass is 16.6. The van der Waals surface area contributed by atoms with Gasteiger partial charge < -0.3 is 23.9 Å². The van der Waals surface area contributed by atoms with Gasteiger partial charge in [-0.2, -0.15) is 0 Å². The van der Waals surface area contributed by atoms with Crippen LogP contribution in [0.5, 0.6) is 11.5 Å². The molecule has 1 amide bonds. The maximum atomic E-state index is 12.7. The number of esters is 1. The van der Waals surface area contributed by atoms with E-state index in [2.05, 4.69) is 15.0 Å². The van der Waals surface area contributed by atoms with Crippen LogP contribution in [0, 0.1) is 13.8 Å². The minimum absolute atomic E-state index is 0.259. The first-order chi connectivity index (χ1) is 14.4. The summed E-state index contributed by atoms with van der Waals surface area (Å²) >= 11 is 0. The average Bonchev–Trinajstić information content (AvgIpc) is 3.10. The number of nitrogens with one attached hydrogen (secondary N) is 1. The van der Waals surface area contributed by atoms with E-state index in [4.69, 9.17) is 13.9 Å². The highest BCUT2D eigenvalue weighted by Crippen LogP contribution is 2.29. The Balaban J connectivity index is 1.78. The molecule has 1 N–H and O–H groups in total. The highest BCUT2D eigenvalue weighted by molar-refractivity contribution is 6.04. The van der Waals surface area contributed by atoms with Crippen molar-refractivity contribution in [3.8, 4) is 23.0 Å². The number of anilines is 1. The number of aromatic nitrogens is 1. The molecular weight excluding hydrogens is 388 g/mol. The predicted octanol–water partition coefficient (Wildman–Crippen LogP) is 3.77. The monoisotopic (exact) mass is 410 g/mol. The quantitative estimate of drug-likeness (QED) is 0.592. The van der Waals surface area contributed by atoms with Crippen LogP contribution in [0.4, 0.5) is 5.69 Å². The Bertz CT molecular complexity index is 1050. The maximum absolute atomic E-state index is 12.7. The van der Waals surface area contributed by atoms with Gasteiger partial charge in [0, 0.05) is 16.8 Å². The van der Waals surface area contributed by atoms with Crippen molar-refractivity contribution in [2.45, 2.75) is 13.8 Å². The molecule has 0 saturated carbocycles. The summed E-state index contributed by atoms with van der Waals surface area (Å²) in [7, 11) is 2.74. The zero-order valence-corrected chi connectivity index (χ0v) is 17.1. The molecule has 0 bridgehead atoms. The van der Waals surface area contributed by atoms with E-state index in [1.165, 1.54) is 20.3 Å². The van der Waals surface area contributed by atoms with Crippen LogP contribution in [-0.4, -0.2) is 37.7 Å². The molecule has 8 nitrogen and oxygen atoms in total. The average molecular weight is 410 g/mol. The largest absolute Gasteiger partial charge is 0.493 e. The summed E-state index contributed by atoms with van der Waals surface area (Å²) < 4.78 is 20.8. The number of ether oxygens (including phenoxy) is 3. The van der Waals surface area contributed by atoms with Crippen molar-refractivity contribution in [1.29, 1.82) is 0 Å². The molecule has 3 rings (SSSR count). The fraction of sp³-hybridized carbons (Fsp3) is 0.227. The molecule has 0 atom stereocenters. The van der Waals surface area contributed by atoms with Crippen LogP contribution in [0.25, 0.3) is 11.5 Å². The Hall–Kier alpha value is -3.81. The molecule has 156 valence electrons. The minimum Gasteiger partial charge on any atom is -0.493 e. The number of amides is 1. The molecule has 0 saturated heterocycles. The predicted molar refractivity (Wildman–Crippen MR) is 110 cm³/mol. The van der Waals surface area contributed by atoms with Gasteiger partial charge in [-0.1, -0.05) is 6.07 Å². The van der Waals surface area contributed by atoms with E-state index in [1.54, 1.807) is 30.3 Å². The molecule has 30 heavy (non-hydrogen) atoms. The molecule has 0 fully saturated rings. The first kappa shape index (κ1) is 20.9. The van der Waals surface area contributed by atoms with Crippen LogP contribution in [-0.2, 0) is 9.53 Å². The highest BCUT2D eigenvalue weighted by Gasteiger charge is 2.14. The molecule has 0 radical (unpaired) electrons. The van der Waals surface area contributed by atoms with Crippen LogP contribution in [0.15, 0.2) is 46.9 Å². The molecule has 1 heterocycles. The van der Waals surface area contributed by atoms with Crippen molar-refractivity contribution in [3.05, 3.63) is 59.5 Å². The summed E-state index contributed by atoms with van der Waals surface area (Å²) in [4.78, 5) is 28.4. The molecule has 8 heteroatoms. The molecule has 0 aliphatic carbocycles. The number of nitrogens with zero attached hydrogens (tertiary/aromatic N) is 1. The summed E-state index contributed by atoms with van der Waals surface area (Å²) in [6, 6.07) is 11.9. The van der Waals surface area contributed by atoms with Gasteiger partial charge in [0.25, 0.3) is 5.91 Å². The molecule has 0 aliphatic rings. The van der Waals surface area contributed by atoms with E-state index < -0.39 is 5.97 Å². The summed E-state index contributed by atoms with van der Waals surface area (Å²) in [5.74, 6) is 1.00. The van der Waals surface area contributed by atoms with E-state index >= 15 is 0 Å². The lowest BCUT2D eigenvalue weighted by Gasteiger charge is -2.12. The van der Waals surface area contributed by atoms with Crippen molar-refractivity contribution >= 4 is 17.6 Å². The summed E-state index contributed by atoms with van der Waals surface area (Å²) in [6.45, 7) is 3.42. The molecule has 0 spiro atoms. The zero-order valence-electron chi connectivity index (χ0n) is 17.1. The van der Waals surface area contributed by atoms with Crippen molar-refractivity contribution in [3.63, 3.8) is 0 Å². The fourth-order valence-electron chi connectivity index (χ4n) is 2.66. The van der Waals surface area contributed by atoms with Gasteiger partial charge in [0.1, 0.15) is 5.76 Å². The van der Waals surface area contributed by atoms with Crippen molar-refractivity contribution in [2.75, 3.05) is 26.1 Å². The molecule has 1 aromatic heterocycles. The van der Waals surface area contributed by atoms with Gasteiger partial charge in [-0.15, -0.1) is 0 Å². The summed E-state index contributed by atoms with van der Waals surface area (Å²) in [5, 5.41) is 2.83. The lowest BCUT2D eigenvalue weighted by molar-refractivity contribution is -0.142. The maximum Gasteiger partial charge on any atom is 0.343 e. The number of carbonyl (C=O) groups excluding carboxylic acids is 2. The van der Waals surface area contributed by atoms with Crippen LogP contribution < -0.4 is 14.8 Å². The van der Waals surface area contributed by atoms with Crippen LogP contribution >= 0.6 is 0 Å². The Labute approximate surface area is 173 Å². The second kappa shape index (κ2) is 9.13. The number of oxazole rings is 1. The first-order valence-electron chi connectivity index (χ1n) is 9.14. The van der Waals surface area contributed by atoms with Crippen LogP contribution in [0.1, 0.15) is 21.8 Å². The second-order valence-corrected chi connectivity index (χ2v) is 6.43. The second-order valence-electron chi connectivity index (χ2n) is 6.43. The van der Waals surface area contributed by atoms with E-state index in [0.29, 0.717) is 22.9 Å². The molecule has 0 unspecified atom stereocenters. The fourth-order valence-corrected chi connectivity index (χ4v) is 2.66. The van der Waals surface area contributed by atoms with E-state index in [9.17, 15) is 9.59 Å². The number of carbonyl (C=O) groups is 2. The third kappa shape index (κ3) is 4.78. The third-order valence-electron chi connectivity index (χ3n) is 4.39. The topological polar surface area (TPSA) is 99.9 Å². The first-order valence-corrected chi connectivity index (χ1v) is 9.14. The molecular formula is C22H22N2O6. The summed E-state index contributed by atoms with van der Waals surface area (Å²) in [6.07, 6.45) is 0. The Morgan fingerprint density at radius 3 is 2.53 bits per heavy atom. The number of benzene rings is 2. The van der Waals surface area contributed by atoms with Crippen molar-refractivity contribution in [2.24, 2.45) is 0 Å². The number of rotatable bonds is 7. The lowest BCUT2D eigenvalue weighted by atomic mass is 10.1. The number of hydrogen-bond acceptors (Lipinski definition) is 7. The molecule has 2 aromatic carbocycles. The standard InChI is InChI=1S/C22H22N2O6/c1-13-14(2)30-22(23-13)16-6-5-7-17(10-16)24-21(26)15-8-9-18(27-3)19(11-15)29-12-20(25)28-4/h5-11H,12H2,1-4H3,(H,24,26). The number of methoxy groups -OCH3 is 2. The summed E-state index contributed by atoms with van der Waals surface area (Å²) in [5.41, 5.74) is 2.49. The Morgan fingerprint density at radius 2 is 1.87 bits per heavy atom. The van der Waals surface area contributed by atoms with Gasteiger partial charge in [0.05, 0.1) is 19.9 Å². The Morgan fingerprint density at radius 1 is 1.07 bits per heavy atom. The van der Waals surface area contributed by atoms with Crippen molar-refractivity contribution in [1.82, 2.24) is 4.98 Å². The van der Waals surface area contributed by atoms with Gasteiger partial charge in [0.15, 0.2) is 18.1 Å². The SMILES string of the molecule is COC(=O)COc1cc(C(=O)Nc2cccc(-c3nc(C)c(C)o3)c2)ccc1OC. The van der Waals surface area contributed by atoms with Gasteiger partial charge in [-0.05, 0) is 50.2 Å². The molecule has 3 aromatic rings. The Kier molecular flexibility index (Phi) is 6.36. The smallest absolute Gasteiger partial charge is 0.343 e. The van der Waals surface area contributed by atoms with Gasteiger partial charge in [-0.3, -0.25) is 4.79 Å². The van der Waals surface area contributed by atoms with Crippen LogP contribution in [0.3, 0.4) is 0 Å². The molecule has 0 aliphatic heterocycles. The number of hydrogen-bond donors (Lipinski definition) is 1. The van der Waals surface area contributed by atoms with E-state index in [-0.39, 0.29) is 18.3 Å². The van der Waals surface area contributed by atoms with Gasteiger partial charge in [0.2, 0.25) is 5.89 Å². The normalized spacial score (nSPS) is 10.4. The van der Waals surface area contributed by atoms with E-state index in [1.807, 2.05) is 19.9 Å². The van der Waals surface area contributed by atoms with Gasteiger partial charge in [-0.25, -0.2) is 9.78 Å². The van der Waals surface area contributed by atoms with E-state index in [0.717, 1.165) is 17.0 Å². The van der Waals surface area contributed by atoms with Gasteiger partial charge >= 0.3 is 5.97 Å².